The fourth-order valence-electron chi connectivity index (χ4n) is 4.04. The lowest BCUT2D eigenvalue weighted by Gasteiger charge is -2.33. The Bertz CT molecular complexity index is 813. The number of likely N-dealkylation sites (N-methyl/N-ethyl adjacent to an activating group) is 1. The molecule has 6 heteroatoms. The van der Waals surface area contributed by atoms with Crippen molar-refractivity contribution in [1.29, 1.82) is 0 Å². The molecule has 0 unspecified atom stereocenters. The number of nitrogens with zero attached hydrogens (tertiary/aromatic N) is 5. The summed E-state index contributed by atoms with van der Waals surface area (Å²) in [6.45, 7) is 10.2. The Labute approximate surface area is 162 Å². The van der Waals surface area contributed by atoms with Crippen LogP contribution in [0.5, 0.6) is 0 Å². The van der Waals surface area contributed by atoms with Crippen LogP contribution >= 0.6 is 0 Å². The third-order valence-electron chi connectivity index (χ3n) is 5.86. The molecule has 3 rings (SSSR count). The predicted molar refractivity (Wildman–Crippen MR) is 106 cm³/mol. The van der Waals surface area contributed by atoms with E-state index < -0.39 is 0 Å². The summed E-state index contributed by atoms with van der Waals surface area (Å²) in [5.41, 5.74) is 4.62. The Kier molecular flexibility index (Phi) is 5.63. The number of hydrogen-bond donors (Lipinski definition) is 0. The van der Waals surface area contributed by atoms with Gasteiger partial charge in [-0.05, 0) is 65.4 Å². The van der Waals surface area contributed by atoms with E-state index in [1.54, 1.807) is 4.68 Å². The van der Waals surface area contributed by atoms with Crippen molar-refractivity contribution in [1.82, 2.24) is 24.6 Å². The van der Waals surface area contributed by atoms with E-state index in [1.165, 1.54) is 12.8 Å². The van der Waals surface area contributed by atoms with Gasteiger partial charge in [-0.3, -0.25) is 4.79 Å². The largest absolute Gasteiger partial charge is 0.342 e. The molecule has 1 aliphatic rings. The normalized spacial score (nSPS) is 19.9. The average Bonchev–Trinajstić information content (AvgIpc) is 2.89. The van der Waals surface area contributed by atoms with E-state index in [-0.39, 0.29) is 5.91 Å². The molecular weight excluding hydrogens is 338 g/mol. The fourth-order valence-corrected chi connectivity index (χ4v) is 4.04. The van der Waals surface area contributed by atoms with Crippen LogP contribution < -0.4 is 0 Å². The minimum absolute atomic E-state index is 0.168. The van der Waals surface area contributed by atoms with Crippen LogP contribution in [0.25, 0.3) is 5.95 Å². The second kappa shape index (κ2) is 7.79. The highest BCUT2D eigenvalue weighted by Gasteiger charge is 2.26. The predicted octanol–water partition coefficient (Wildman–Crippen LogP) is 3.48. The van der Waals surface area contributed by atoms with E-state index in [2.05, 4.69) is 22.0 Å². The van der Waals surface area contributed by atoms with Crippen LogP contribution in [-0.4, -0.2) is 43.6 Å². The molecule has 0 aliphatic heterocycles. The van der Waals surface area contributed by atoms with Gasteiger partial charge in [0.25, 0.3) is 5.95 Å². The zero-order valence-electron chi connectivity index (χ0n) is 17.4. The van der Waals surface area contributed by atoms with Crippen LogP contribution in [0.15, 0.2) is 6.07 Å². The van der Waals surface area contributed by atoms with Gasteiger partial charge in [0.15, 0.2) is 0 Å². The molecule has 0 saturated heterocycles. The highest BCUT2D eigenvalue weighted by molar-refractivity contribution is 5.79. The van der Waals surface area contributed by atoms with Gasteiger partial charge in [0, 0.05) is 35.7 Å². The summed E-state index contributed by atoms with van der Waals surface area (Å²) < 4.78 is 1.76. The summed E-state index contributed by atoms with van der Waals surface area (Å²) in [5.74, 6) is 1.52. The molecule has 0 bridgehead atoms. The number of aromatic nitrogens is 4. The van der Waals surface area contributed by atoms with Gasteiger partial charge >= 0.3 is 0 Å². The minimum atomic E-state index is 0.168. The van der Waals surface area contributed by atoms with E-state index in [0.29, 0.717) is 18.4 Å². The maximum Gasteiger partial charge on any atom is 0.251 e. The van der Waals surface area contributed by atoms with Gasteiger partial charge in [0.1, 0.15) is 0 Å². The summed E-state index contributed by atoms with van der Waals surface area (Å²) in [5, 5.41) is 4.62. The highest BCUT2D eigenvalue weighted by atomic mass is 16.2. The van der Waals surface area contributed by atoms with Crippen molar-refractivity contribution < 1.29 is 4.79 Å². The number of aryl methyl sites for hydroxylation is 3. The Morgan fingerprint density at radius 3 is 2.30 bits per heavy atom. The standard InChI is InChI=1S/C21H31N5O/c1-13-7-9-18(10-8-13)25(6)20(27)12-19-16(4)24-26(17(19)5)21-22-14(2)11-15(3)23-21/h11,13,18H,7-10,12H2,1-6H3. The number of amides is 1. The first kappa shape index (κ1) is 19.5. The van der Waals surface area contributed by atoms with E-state index in [0.717, 1.165) is 47.1 Å². The third-order valence-corrected chi connectivity index (χ3v) is 5.86. The quantitative estimate of drug-likeness (QED) is 0.828. The molecule has 0 spiro atoms. The molecule has 1 aliphatic carbocycles. The molecule has 1 saturated carbocycles. The van der Waals surface area contributed by atoms with Crippen LogP contribution in [0.2, 0.25) is 0 Å². The zero-order chi connectivity index (χ0) is 19.7. The van der Waals surface area contributed by atoms with E-state index in [1.807, 2.05) is 45.7 Å². The number of carbonyl (C=O) groups is 1. The van der Waals surface area contributed by atoms with Crippen LogP contribution in [0.3, 0.4) is 0 Å². The SMILES string of the molecule is Cc1cc(C)nc(-n2nc(C)c(CC(=O)N(C)C3CCC(C)CC3)c2C)n1. The molecule has 0 radical (unpaired) electrons. The smallest absolute Gasteiger partial charge is 0.251 e. The molecule has 27 heavy (non-hydrogen) atoms. The lowest BCUT2D eigenvalue weighted by molar-refractivity contribution is -0.132. The summed E-state index contributed by atoms with van der Waals surface area (Å²) >= 11 is 0. The van der Waals surface area contributed by atoms with Crippen molar-refractivity contribution >= 4 is 5.91 Å². The zero-order valence-corrected chi connectivity index (χ0v) is 17.4. The maximum atomic E-state index is 12.9. The topological polar surface area (TPSA) is 63.9 Å². The molecule has 0 aromatic carbocycles. The van der Waals surface area contributed by atoms with Crippen LogP contribution in [0.4, 0.5) is 0 Å². The maximum absolute atomic E-state index is 12.9. The van der Waals surface area contributed by atoms with E-state index >= 15 is 0 Å². The molecule has 2 aromatic heterocycles. The molecule has 2 aromatic rings. The molecule has 1 amide bonds. The van der Waals surface area contributed by atoms with Crippen LogP contribution in [0.1, 0.15) is 60.9 Å². The van der Waals surface area contributed by atoms with Gasteiger partial charge in [-0.1, -0.05) is 6.92 Å². The Morgan fingerprint density at radius 2 is 1.70 bits per heavy atom. The molecular formula is C21H31N5O. The summed E-state index contributed by atoms with van der Waals surface area (Å²) in [4.78, 5) is 23.9. The average molecular weight is 370 g/mol. The van der Waals surface area contributed by atoms with Gasteiger partial charge in [-0.15, -0.1) is 0 Å². The third kappa shape index (κ3) is 4.20. The fraction of sp³-hybridized carbons (Fsp3) is 0.619. The number of rotatable bonds is 4. The molecule has 2 heterocycles. The van der Waals surface area contributed by atoms with Gasteiger partial charge in [0.2, 0.25) is 5.91 Å². The highest BCUT2D eigenvalue weighted by Crippen LogP contribution is 2.27. The lowest BCUT2D eigenvalue weighted by Crippen LogP contribution is -2.40. The van der Waals surface area contributed by atoms with Gasteiger partial charge in [-0.25, -0.2) is 14.6 Å². The summed E-state index contributed by atoms with van der Waals surface area (Å²) in [7, 11) is 1.95. The summed E-state index contributed by atoms with van der Waals surface area (Å²) in [6, 6.07) is 2.31. The van der Waals surface area contributed by atoms with Crippen LogP contribution in [0, 0.1) is 33.6 Å². The van der Waals surface area contributed by atoms with Crippen molar-refractivity contribution in [3.8, 4) is 5.95 Å². The Morgan fingerprint density at radius 1 is 1.11 bits per heavy atom. The lowest BCUT2D eigenvalue weighted by atomic mass is 9.86. The van der Waals surface area contributed by atoms with Crippen molar-refractivity contribution in [3.05, 3.63) is 34.4 Å². The van der Waals surface area contributed by atoms with E-state index in [9.17, 15) is 4.79 Å². The Hall–Kier alpha value is -2.24. The molecule has 6 nitrogen and oxygen atoms in total. The Balaban J connectivity index is 1.79. The molecule has 146 valence electrons. The monoisotopic (exact) mass is 369 g/mol. The van der Waals surface area contributed by atoms with Crippen molar-refractivity contribution in [2.24, 2.45) is 5.92 Å². The minimum Gasteiger partial charge on any atom is -0.342 e. The van der Waals surface area contributed by atoms with Crippen molar-refractivity contribution in [2.45, 2.75) is 72.8 Å². The first-order chi connectivity index (χ1) is 12.8. The molecule has 0 N–H and O–H groups in total. The number of hydrogen-bond acceptors (Lipinski definition) is 4. The first-order valence-corrected chi connectivity index (χ1v) is 9.89. The van der Waals surface area contributed by atoms with Gasteiger partial charge in [-0.2, -0.15) is 5.10 Å². The van der Waals surface area contributed by atoms with Gasteiger partial charge < -0.3 is 4.90 Å². The molecule has 1 fully saturated rings. The second-order valence-corrected chi connectivity index (χ2v) is 8.11. The van der Waals surface area contributed by atoms with E-state index in [4.69, 9.17) is 0 Å². The van der Waals surface area contributed by atoms with Crippen LogP contribution in [-0.2, 0) is 11.2 Å². The number of carbonyl (C=O) groups excluding carboxylic acids is 1. The van der Waals surface area contributed by atoms with Crippen molar-refractivity contribution in [2.75, 3.05) is 7.05 Å². The molecule has 0 atom stereocenters. The summed E-state index contributed by atoms with van der Waals surface area (Å²) in [6.07, 6.45) is 5.02. The van der Waals surface area contributed by atoms with Gasteiger partial charge in [0.05, 0.1) is 12.1 Å². The first-order valence-electron chi connectivity index (χ1n) is 9.89. The van der Waals surface area contributed by atoms with Crippen molar-refractivity contribution in [3.63, 3.8) is 0 Å². The second-order valence-electron chi connectivity index (χ2n) is 8.11.